The van der Waals surface area contributed by atoms with Crippen molar-refractivity contribution in [1.29, 1.82) is 5.26 Å². The number of fused-ring (bicyclic) bond motifs is 3. The average Bonchev–Trinajstić information content (AvgIpc) is 3.37. The van der Waals surface area contributed by atoms with E-state index in [4.69, 9.17) is 14.9 Å². The van der Waals surface area contributed by atoms with Crippen LogP contribution in [0.15, 0.2) is 69.9 Å². The molecule has 160 valence electrons. The molecule has 9 heteroatoms. The number of Topliss-reactive ketones (excluding diaryl/α,β-unsaturated/α-hetero) is 1. The molecule has 3 aliphatic rings. The van der Waals surface area contributed by atoms with Gasteiger partial charge >= 0.3 is 5.97 Å². The predicted molar refractivity (Wildman–Crippen MR) is 109 cm³/mol. The van der Waals surface area contributed by atoms with Crippen molar-refractivity contribution in [2.24, 2.45) is 5.73 Å². The number of carbonyl (C=O) groups is 3. The number of allylic oxidation sites excluding steroid dienone is 1. The second-order valence-electron chi connectivity index (χ2n) is 7.85. The molecule has 2 aliphatic heterocycles. The molecule has 0 fully saturated rings. The number of carbonyl (C=O) groups excluding carboxylic acids is 2. The maximum absolute atomic E-state index is 13.9. The molecule has 2 aromatic rings. The lowest BCUT2D eigenvalue weighted by atomic mass is 9.64. The Morgan fingerprint density at radius 2 is 2.03 bits per heavy atom. The number of hydrogen-bond donors (Lipinski definition) is 2. The van der Waals surface area contributed by atoms with Crippen LogP contribution in [0.1, 0.15) is 30.1 Å². The number of carboxylic acid groups (broad SMARTS) is 1. The summed E-state index contributed by atoms with van der Waals surface area (Å²) < 4.78 is 11.2. The normalized spacial score (nSPS) is 24.3. The van der Waals surface area contributed by atoms with Crippen molar-refractivity contribution in [2.45, 2.75) is 24.2 Å². The van der Waals surface area contributed by atoms with Gasteiger partial charge in [-0.05, 0) is 18.2 Å². The lowest BCUT2D eigenvalue weighted by molar-refractivity contribution is -0.136. The Kier molecular flexibility index (Phi) is 4.20. The smallest absolute Gasteiger partial charge is 0.323 e. The summed E-state index contributed by atoms with van der Waals surface area (Å²) in [7, 11) is 0. The molecule has 0 radical (unpaired) electrons. The zero-order valence-corrected chi connectivity index (χ0v) is 16.7. The van der Waals surface area contributed by atoms with Crippen LogP contribution >= 0.6 is 0 Å². The summed E-state index contributed by atoms with van der Waals surface area (Å²) in [5, 5.41) is 19.4. The first-order valence-corrected chi connectivity index (χ1v) is 9.91. The Bertz CT molecular complexity index is 1280. The van der Waals surface area contributed by atoms with Crippen molar-refractivity contribution in [1.82, 2.24) is 0 Å². The number of nitrogens with two attached hydrogens (primary N) is 1. The second kappa shape index (κ2) is 6.85. The molecule has 5 rings (SSSR count). The Labute approximate surface area is 182 Å². The van der Waals surface area contributed by atoms with Crippen molar-refractivity contribution in [2.75, 3.05) is 11.4 Å². The summed E-state index contributed by atoms with van der Waals surface area (Å²) in [6.07, 6.45) is 1.80. The van der Waals surface area contributed by atoms with Gasteiger partial charge < -0.3 is 20.0 Å². The number of anilines is 1. The minimum absolute atomic E-state index is 0.0383. The maximum Gasteiger partial charge on any atom is 0.323 e. The first kappa shape index (κ1) is 19.6. The standard InChI is InChI=1S/C23H17N3O6/c24-10-14-21(25)32-18-9-12(17-6-3-7-31-17)8-16(27)20(18)23(14)13-4-1-2-5-15(13)26(22(23)30)11-19(28)29/h1-7,12H,8-9,11,25H2,(H,28,29)/t12-,23+/m0/s1. The molecule has 0 bridgehead atoms. The van der Waals surface area contributed by atoms with Gasteiger partial charge in [0, 0.05) is 30.0 Å². The molecule has 3 heterocycles. The van der Waals surface area contributed by atoms with E-state index in [1.165, 1.54) is 6.26 Å². The number of furan rings is 1. The number of aliphatic carboxylic acids is 1. The first-order chi connectivity index (χ1) is 15.4. The highest BCUT2D eigenvalue weighted by Crippen LogP contribution is 2.56. The van der Waals surface area contributed by atoms with Crippen LogP contribution in [0.2, 0.25) is 0 Å². The third kappa shape index (κ3) is 2.46. The Balaban J connectivity index is 1.77. The van der Waals surface area contributed by atoms with Crippen molar-refractivity contribution in [3.63, 3.8) is 0 Å². The molecular formula is C23H17N3O6. The van der Waals surface area contributed by atoms with Gasteiger partial charge in [0.05, 0.1) is 11.8 Å². The van der Waals surface area contributed by atoms with Crippen LogP contribution < -0.4 is 10.6 Å². The molecule has 1 aromatic heterocycles. The molecule has 1 amide bonds. The summed E-state index contributed by atoms with van der Waals surface area (Å²) >= 11 is 0. The summed E-state index contributed by atoms with van der Waals surface area (Å²) in [5.74, 6) is -2.11. The fraction of sp³-hybridized carbons (Fsp3) is 0.217. The van der Waals surface area contributed by atoms with Gasteiger partial charge in [0.2, 0.25) is 11.8 Å². The van der Waals surface area contributed by atoms with Gasteiger partial charge in [-0.2, -0.15) is 5.26 Å². The van der Waals surface area contributed by atoms with E-state index < -0.39 is 23.8 Å². The number of benzene rings is 1. The van der Waals surface area contributed by atoms with Crippen molar-refractivity contribution < 1.29 is 28.6 Å². The third-order valence-electron chi connectivity index (χ3n) is 6.17. The topological polar surface area (TPSA) is 147 Å². The zero-order valence-electron chi connectivity index (χ0n) is 16.7. The minimum Gasteiger partial charge on any atom is -0.480 e. The molecule has 2 atom stereocenters. The SMILES string of the molecule is N#CC1=C(N)OC2=C(C(=O)C[C@H](c3ccco3)C2)[C@]12C(=O)N(CC(=O)O)c1ccccc12. The van der Waals surface area contributed by atoms with Gasteiger partial charge in [-0.25, -0.2) is 0 Å². The first-order valence-electron chi connectivity index (χ1n) is 9.91. The van der Waals surface area contributed by atoms with Crippen molar-refractivity contribution >= 4 is 23.3 Å². The number of nitrogens with zero attached hydrogens (tertiary/aromatic N) is 2. The predicted octanol–water partition coefficient (Wildman–Crippen LogP) is 2.07. The number of para-hydroxylation sites is 1. The Hall–Kier alpha value is -4.32. The molecule has 0 unspecified atom stereocenters. The number of hydrogen-bond acceptors (Lipinski definition) is 7. The molecule has 3 N–H and O–H groups in total. The number of amides is 1. The van der Waals surface area contributed by atoms with Crippen LogP contribution in [0.5, 0.6) is 0 Å². The largest absolute Gasteiger partial charge is 0.480 e. The van der Waals surface area contributed by atoms with Gasteiger partial charge in [0.25, 0.3) is 0 Å². The minimum atomic E-state index is -1.84. The van der Waals surface area contributed by atoms with E-state index in [0.717, 1.165) is 4.90 Å². The molecule has 0 saturated heterocycles. The number of nitriles is 1. The fourth-order valence-electron chi connectivity index (χ4n) is 4.98. The molecule has 1 aromatic carbocycles. The van der Waals surface area contributed by atoms with E-state index in [1.807, 2.05) is 6.07 Å². The van der Waals surface area contributed by atoms with Crippen LogP contribution in [-0.4, -0.2) is 29.3 Å². The number of rotatable bonds is 3. The van der Waals surface area contributed by atoms with E-state index >= 15 is 0 Å². The van der Waals surface area contributed by atoms with Crippen LogP contribution in [0.25, 0.3) is 0 Å². The van der Waals surface area contributed by atoms with Crippen LogP contribution in [0.3, 0.4) is 0 Å². The molecule has 9 nitrogen and oxygen atoms in total. The lowest BCUT2D eigenvalue weighted by Crippen LogP contribution is -2.50. The summed E-state index contributed by atoms with van der Waals surface area (Å²) in [6, 6.07) is 11.9. The Morgan fingerprint density at radius 3 is 2.72 bits per heavy atom. The van der Waals surface area contributed by atoms with E-state index in [9.17, 15) is 24.8 Å². The Morgan fingerprint density at radius 1 is 1.25 bits per heavy atom. The molecule has 0 saturated carbocycles. The maximum atomic E-state index is 13.9. The second-order valence-corrected chi connectivity index (χ2v) is 7.85. The summed E-state index contributed by atoms with van der Waals surface area (Å²) in [4.78, 5) is 40.0. The monoisotopic (exact) mass is 431 g/mol. The van der Waals surface area contributed by atoms with Crippen LogP contribution in [-0.2, 0) is 24.5 Å². The quantitative estimate of drug-likeness (QED) is 0.751. The summed E-state index contributed by atoms with van der Waals surface area (Å²) in [5.41, 5.74) is 4.74. The van der Waals surface area contributed by atoms with Gasteiger partial charge in [0.15, 0.2) is 5.78 Å². The molecule has 1 spiro atoms. The highest BCUT2D eigenvalue weighted by atomic mass is 16.5. The van der Waals surface area contributed by atoms with E-state index in [1.54, 1.807) is 36.4 Å². The highest BCUT2D eigenvalue weighted by molar-refractivity contribution is 6.21. The van der Waals surface area contributed by atoms with Crippen LogP contribution in [0, 0.1) is 11.3 Å². The van der Waals surface area contributed by atoms with Crippen LogP contribution in [0.4, 0.5) is 5.69 Å². The highest BCUT2D eigenvalue weighted by Gasteiger charge is 2.62. The van der Waals surface area contributed by atoms with E-state index in [2.05, 4.69) is 0 Å². The average molecular weight is 431 g/mol. The number of carboxylic acids is 1. The number of ketones is 1. The molecule has 32 heavy (non-hydrogen) atoms. The third-order valence-corrected chi connectivity index (χ3v) is 6.17. The fourth-order valence-corrected chi connectivity index (χ4v) is 4.98. The van der Waals surface area contributed by atoms with Gasteiger partial charge in [-0.3, -0.25) is 19.3 Å². The summed E-state index contributed by atoms with van der Waals surface area (Å²) in [6.45, 7) is -0.622. The molecule has 1 aliphatic carbocycles. The number of ether oxygens (including phenoxy) is 1. The van der Waals surface area contributed by atoms with Crippen molar-refractivity contribution in [3.05, 3.63) is 76.8 Å². The van der Waals surface area contributed by atoms with Gasteiger partial charge in [-0.1, -0.05) is 18.2 Å². The lowest BCUT2D eigenvalue weighted by Gasteiger charge is -2.38. The van der Waals surface area contributed by atoms with Gasteiger partial charge in [-0.15, -0.1) is 0 Å². The van der Waals surface area contributed by atoms with E-state index in [0.29, 0.717) is 17.0 Å². The van der Waals surface area contributed by atoms with E-state index in [-0.39, 0.29) is 47.3 Å². The molecular weight excluding hydrogens is 414 g/mol. The van der Waals surface area contributed by atoms with Crippen molar-refractivity contribution in [3.8, 4) is 6.07 Å². The van der Waals surface area contributed by atoms with Gasteiger partial charge in [0.1, 0.15) is 35.1 Å². The zero-order chi connectivity index (χ0) is 22.6.